The number of hydrogen-bond acceptors (Lipinski definition) is 10. The minimum Gasteiger partial charge on any atom is -0.505 e. The van der Waals surface area contributed by atoms with Crippen molar-refractivity contribution < 1.29 is 43.5 Å². The van der Waals surface area contributed by atoms with Gasteiger partial charge < -0.3 is 45.9 Å². The standard InChI is InChI=1S/C35H51N3O9/c1-34-12-9-22(39)19-21(34)3-4-23-24-5-8-28(35(24,2)13-10-25(23)34)46-15-11-29(40)38-14-16-44-17-18-45-20-30(41)47-27-7-6-26(36)32(42)31(27)33(37)43/h3,6-7,22-25,28,39,42H,4-5,8-20,36H2,1-2H3,(H2,37,43)(H,38,40)/t22-,23?,24?,25?,28-,34-,35-/m1/s1. The largest absolute Gasteiger partial charge is 0.505 e. The Labute approximate surface area is 276 Å². The molecule has 47 heavy (non-hydrogen) atoms. The van der Waals surface area contributed by atoms with Crippen LogP contribution in [0.15, 0.2) is 23.8 Å². The van der Waals surface area contributed by atoms with E-state index >= 15 is 0 Å². The number of nitrogen functional groups attached to an aromatic ring is 1. The number of carbonyl (C=O) groups excluding carboxylic acids is 3. The number of phenols is 1. The Morgan fingerprint density at radius 1 is 1.00 bits per heavy atom. The molecule has 0 bridgehead atoms. The summed E-state index contributed by atoms with van der Waals surface area (Å²) >= 11 is 0. The van der Waals surface area contributed by atoms with E-state index in [0.29, 0.717) is 37.3 Å². The zero-order valence-corrected chi connectivity index (χ0v) is 27.6. The highest BCUT2D eigenvalue weighted by atomic mass is 16.6. The molecule has 7 atom stereocenters. The highest BCUT2D eigenvalue weighted by Gasteiger charge is 2.59. The highest BCUT2D eigenvalue weighted by Crippen LogP contribution is 2.65. The zero-order valence-electron chi connectivity index (χ0n) is 27.6. The lowest BCUT2D eigenvalue weighted by Crippen LogP contribution is -2.51. The van der Waals surface area contributed by atoms with Gasteiger partial charge in [0, 0.05) is 13.0 Å². The summed E-state index contributed by atoms with van der Waals surface area (Å²) in [5.41, 5.74) is 12.2. The zero-order chi connectivity index (χ0) is 33.8. The number of ether oxygens (including phenoxy) is 4. The number of aliphatic hydroxyl groups excluding tert-OH is 1. The number of aromatic hydroxyl groups is 1. The van der Waals surface area contributed by atoms with Gasteiger partial charge in [0.25, 0.3) is 5.91 Å². The van der Waals surface area contributed by atoms with Crippen LogP contribution < -0.4 is 21.5 Å². The van der Waals surface area contributed by atoms with Crippen molar-refractivity contribution >= 4 is 23.5 Å². The van der Waals surface area contributed by atoms with Gasteiger partial charge in [-0.3, -0.25) is 9.59 Å². The third kappa shape index (κ3) is 7.61. The van der Waals surface area contributed by atoms with Gasteiger partial charge in [0.2, 0.25) is 5.91 Å². The van der Waals surface area contributed by atoms with Gasteiger partial charge >= 0.3 is 5.97 Å². The maximum Gasteiger partial charge on any atom is 0.337 e. The van der Waals surface area contributed by atoms with E-state index < -0.39 is 24.2 Å². The van der Waals surface area contributed by atoms with E-state index in [2.05, 4.69) is 25.2 Å². The van der Waals surface area contributed by atoms with E-state index in [1.54, 1.807) is 0 Å². The number of rotatable bonds is 14. The first-order valence-electron chi connectivity index (χ1n) is 17.0. The fourth-order valence-corrected chi connectivity index (χ4v) is 8.95. The Morgan fingerprint density at radius 3 is 2.57 bits per heavy atom. The molecule has 5 rings (SSSR count). The molecular weight excluding hydrogens is 606 g/mol. The number of nitrogens with one attached hydrogen (secondary N) is 1. The van der Waals surface area contributed by atoms with E-state index in [9.17, 15) is 24.6 Å². The summed E-state index contributed by atoms with van der Waals surface area (Å²) in [5, 5.41) is 23.0. The van der Waals surface area contributed by atoms with Crippen LogP contribution in [0.1, 0.15) is 82.0 Å². The molecule has 12 nitrogen and oxygen atoms in total. The number of hydrogen-bond donors (Lipinski definition) is 5. The van der Waals surface area contributed by atoms with Crippen molar-refractivity contribution in [3.05, 3.63) is 29.3 Å². The predicted octanol–water partition coefficient (Wildman–Crippen LogP) is 3.23. The van der Waals surface area contributed by atoms with Crippen LogP contribution in [0.4, 0.5) is 5.69 Å². The molecular formula is C35H51N3O9. The van der Waals surface area contributed by atoms with E-state index in [1.165, 1.54) is 30.5 Å². The third-order valence-corrected chi connectivity index (χ3v) is 11.4. The maximum absolute atomic E-state index is 12.4. The van der Waals surface area contributed by atoms with Crippen LogP contribution in [-0.4, -0.2) is 79.8 Å². The van der Waals surface area contributed by atoms with Crippen molar-refractivity contribution in [3.8, 4) is 11.5 Å². The Morgan fingerprint density at radius 2 is 1.79 bits per heavy atom. The second-order valence-electron chi connectivity index (χ2n) is 14.1. The van der Waals surface area contributed by atoms with Crippen LogP contribution in [0.25, 0.3) is 0 Å². The van der Waals surface area contributed by atoms with Gasteiger partial charge in [-0.15, -0.1) is 0 Å². The second-order valence-corrected chi connectivity index (χ2v) is 14.1. The molecule has 0 spiro atoms. The molecule has 3 saturated carbocycles. The van der Waals surface area contributed by atoms with E-state index in [0.717, 1.165) is 38.5 Å². The first-order chi connectivity index (χ1) is 22.4. The van der Waals surface area contributed by atoms with Crippen molar-refractivity contribution in [2.45, 2.75) is 83.8 Å². The summed E-state index contributed by atoms with van der Waals surface area (Å²) in [6.45, 7) is 5.78. The number of aliphatic hydroxyl groups is 1. The number of nitrogens with two attached hydrogens (primary N) is 2. The lowest BCUT2D eigenvalue weighted by Gasteiger charge is -2.57. The number of anilines is 1. The quantitative estimate of drug-likeness (QED) is 0.0495. The number of benzene rings is 1. The normalized spacial score (nSPS) is 31.2. The smallest absolute Gasteiger partial charge is 0.337 e. The second kappa shape index (κ2) is 14.9. The van der Waals surface area contributed by atoms with Crippen LogP contribution >= 0.6 is 0 Å². The molecule has 4 aliphatic carbocycles. The van der Waals surface area contributed by atoms with Gasteiger partial charge in [-0.1, -0.05) is 25.5 Å². The van der Waals surface area contributed by atoms with Gasteiger partial charge in [0.05, 0.1) is 44.3 Å². The molecule has 0 aliphatic heterocycles. The van der Waals surface area contributed by atoms with Crippen molar-refractivity contribution in [3.63, 3.8) is 0 Å². The van der Waals surface area contributed by atoms with Gasteiger partial charge in [-0.2, -0.15) is 0 Å². The van der Waals surface area contributed by atoms with Gasteiger partial charge in [0.15, 0.2) is 5.75 Å². The molecule has 1 aromatic carbocycles. The Balaban J connectivity index is 0.936. The SMILES string of the molecule is C[C@@]12CC[C@@H](O)CC1=CCC1C2CC[C@]2(C)C1CC[C@H]2OCCC(=O)NCCOCCOCC(=O)Oc1ccc(N)c(O)c1C(N)=O. The van der Waals surface area contributed by atoms with Crippen molar-refractivity contribution in [2.75, 3.05) is 45.3 Å². The lowest BCUT2D eigenvalue weighted by atomic mass is 9.48. The molecule has 2 amide bonds. The average Bonchev–Trinajstić information content (AvgIpc) is 3.36. The summed E-state index contributed by atoms with van der Waals surface area (Å²) in [6.07, 6.45) is 11.3. The van der Waals surface area contributed by atoms with Crippen molar-refractivity contribution in [1.29, 1.82) is 0 Å². The number of allylic oxidation sites excluding steroid dienone is 1. The van der Waals surface area contributed by atoms with E-state index in [-0.39, 0.29) is 65.8 Å². The fourth-order valence-electron chi connectivity index (χ4n) is 8.95. The molecule has 0 radical (unpaired) electrons. The summed E-state index contributed by atoms with van der Waals surface area (Å²) in [6, 6.07) is 2.55. The Hall–Kier alpha value is -3.19. The first kappa shape index (κ1) is 35.1. The molecule has 0 aromatic heterocycles. The summed E-state index contributed by atoms with van der Waals surface area (Å²) in [7, 11) is 0. The highest BCUT2D eigenvalue weighted by molar-refractivity contribution is 6.00. The number of esters is 1. The van der Waals surface area contributed by atoms with Crippen molar-refractivity contribution in [1.82, 2.24) is 5.32 Å². The molecule has 3 fully saturated rings. The maximum atomic E-state index is 12.4. The molecule has 0 heterocycles. The molecule has 4 aliphatic rings. The van der Waals surface area contributed by atoms with Gasteiger partial charge in [-0.25, -0.2) is 4.79 Å². The fraction of sp³-hybridized carbons (Fsp3) is 0.686. The number of carbonyl (C=O) groups is 3. The molecule has 260 valence electrons. The first-order valence-corrected chi connectivity index (χ1v) is 17.0. The number of primary amides is 1. The Kier molecular flexibility index (Phi) is 11.2. The van der Waals surface area contributed by atoms with Gasteiger partial charge in [0.1, 0.15) is 17.9 Å². The number of fused-ring (bicyclic) bond motifs is 5. The monoisotopic (exact) mass is 657 g/mol. The Bertz CT molecular complexity index is 1350. The van der Waals surface area contributed by atoms with E-state index in [1.807, 2.05) is 0 Å². The summed E-state index contributed by atoms with van der Waals surface area (Å²) < 4.78 is 22.2. The van der Waals surface area contributed by atoms with Crippen LogP contribution in [0, 0.1) is 28.6 Å². The molecule has 0 saturated heterocycles. The topological polar surface area (TPSA) is 193 Å². The minimum absolute atomic E-state index is 0.0710. The lowest BCUT2D eigenvalue weighted by molar-refractivity contribution is -0.140. The van der Waals surface area contributed by atoms with Crippen LogP contribution in [0.2, 0.25) is 0 Å². The summed E-state index contributed by atoms with van der Waals surface area (Å²) in [4.78, 5) is 36.1. The predicted molar refractivity (Wildman–Crippen MR) is 173 cm³/mol. The molecule has 3 unspecified atom stereocenters. The van der Waals surface area contributed by atoms with Crippen LogP contribution in [0.3, 0.4) is 0 Å². The number of amides is 2. The third-order valence-electron chi connectivity index (χ3n) is 11.4. The molecule has 1 aromatic rings. The van der Waals surface area contributed by atoms with Crippen LogP contribution in [-0.2, 0) is 23.8 Å². The van der Waals surface area contributed by atoms with Crippen LogP contribution in [0.5, 0.6) is 11.5 Å². The molecule has 12 heteroatoms. The summed E-state index contributed by atoms with van der Waals surface area (Å²) in [5.74, 6) is -0.621. The minimum atomic E-state index is -0.988. The molecule has 7 N–H and O–H groups in total. The van der Waals surface area contributed by atoms with Crippen molar-refractivity contribution in [2.24, 2.45) is 34.3 Å². The van der Waals surface area contributed by atoms with Gasteiger partial charge in [-0.05, 0) is 92.1 Å². The average molecular weight is 658 g/mol. The van der Waals surface area contributed by atoms with E-state index in [4.69, 9.17) is 30.4 Å².